The van der Waals surface area contributed by atoms with Gasteiger partial charge in [0.15, 0.2) is 5.16 Å². The minimum absolute atomic E-state index is 0.0777. The first kappa shape index (κ1) is 18.2. The predicted octanol–water partition coefficient (Wildman–Crippen LogP) is 2.41. The molecule has 0 spiro atoms. The summed E-state index contributed by atoms with van der Waals surface area (Å²) < 4.78 is 6.73. The summed E-state index contributed by atoms with van der Waals surface area (Å²) in [6.07, 6.45) is 1.45. The molecule has 0 aliphatic carbocycles. The largest absolute Gasteiger partial charge is 0.385 e. The maximum atomic E-state index is 12.9. The zero-order valence-corrected chi connectivity index (χ0v) is 15.8. The molecule has 1 atom stereocenters. The Bertz CT molecular complexity index is 855. The van der Waals surface area contributed by atoms with Gasteiger partial charge in [-0.05, 0) is 31.0 Å². The van der Waals surface area contributed by atoms with E-state index in [1.807, 2.05) is 0 Å². The molecule has 0 saturated carbocycles. The van der Waals surface area contributed by atoms with Gasteiger partial charge in [0.05, 0.1) is 16.2 Å². The monoisotopic (exact) mass is 381 g/mol. The van der Waals surface area contributed by atoms with Crippen LogP contribution in [-0.2, 0) is 16.1 Å². The van der Waals surface area contributed by atoms with Crippen molar-refractivity contribution in [3.63, 3.8) is 0 Å². The van der Waals surface area contributed by atoms with Crippen LogP contribution in [0.1, 0.15) is 12.8 Å². The average molecular weight is 382 g/mol. The van der Waals surface area contributed by atoms with Gasteiger partial charge < -0.3 is 9.64 Å². The number of rotatable bonds is 6. The highest BCUT2D eigenvalue weighted by molar-refractivity contribution is 8.00. The Morgan fingerprint density at radius 3 is 2.88 bits per heavy atom. The molecule has 1 unspecified atom stereocenters. The molecule has 0 radical (unpaired) electrons. The van der Waals surface area contributed by atoms with E-state index < -0.39 is 0 Å². The first-order valence-electron chi connectivity index (χ1n) is 8.12. The molecule has 1 aliphatic heterocycles. The van der Waals surface area contributed by atoms with Gasteiger partial charge in [0.2, 0.25) is 5.91 Å². The number of thioether (sulfide) groups is 1. The van der Waals surface area contributed by atoms with Crippen LogP contribution in [0.15, 0.2) is 28.2 Å². The number of carbonyl (C=O) groups excluding carboxylic acids is 1. The number of fused-ring (bicyclic) bond motifs is 1. The molecule has 25 heavy (non-hydrogen) atoms. The van der Waals surface area contributed by atoms with Crippen molar-refractivity contribution in [2.45, 2.75) is 29.8 Å². The highest BCUT2D eigenvalue weighted by atomic mass is 35.5. The van der Waals surface area contributed by atoms with Gasteiger partial charge in [0.25, 0.3) is 5.56 Å². The summed E-state index contributed by atoms with van der Waals surface area (Å²) in [4.78, 5) is 31.5. The predicted molar refractivity (Wildman–Crippen MR) is 99.4 cm³/mol. The van der Waals surface area contributed by atoms with Crippen molar-refractivity contribution in [2.75, 3.05) is 27.3 Å². The number of nitrogens with zero attached hydrogens (tertiary/aromatic N) is 3. The smallest absolute Gasteiger partial charge is 0.262 e. The van der Waals surface area contributed by atoms with Crippen molar-refractivity contribution in [1.29, 1.82) is 0 Å². The molecule has 2 heterocycles. The van der Waals surface area contributed by atoms with Crippen LogP contribution in [0.2, 0.25) is 5.02 Å². The fourth-order valence-corrected chi connectivity index (χ4v) is 4.23. The molecule has 0 bridgehead atoms. The summed E-state index contributed by atoms with van der Waals surface area (Å²) >= 11 is 7.40. The maximum Gasteiger partial charge on any atom is 0.262 e. The molecule has 0 N–H and O–H groups in total. The zero-order chi connectivity index (χ0) is 18.0. The van der Waals surface area contributed by atoms with E-state index in [1.54, 1.807) is 41.8 Å². The quantitative estimate of drug-likeness (QED) is 0.568. The van der Waals surface area contributed by atoms with Gasteiger partial charge in [-0.1, -0.05) is 23.4 Å². The van der Waals surface area contributed by atoms with E-state index in [-0.39, 0.29) is 16.7 Å². The number of amides is 1. The molecule has 134 valence electrons. The van der Waals surface area contributed by atoms with E-state index in [4.69, 9.17) is 16.3 Å². The second-order valence-electron chi connectivity index (χ2n) is 6.01. The number of halogens is 1. The maximum absolute atomic E-state index is 12.9. The molecular weight excluding hydrogens is 362 g/mol. The average Bonchev–Trinajstić information content (AvgIpc) is 2.89. The van der Waals surface area contributed by atoms with E-state index in [9.17, 15) is 9.59 Å². The van der Waals surface area contributed by atoms with E-state index in [2.05, 4.69) is 4.98 Å². The Kier molecular flexibility index (Phi) is 5.66. The van der Waals surface area contributed by atoms with Crippen LogP contribution in [0.5, 0.6) is 0 Å². The lowest BCUT2D eigenvalue weighted by atomic mass is 10.2. The molecule has 8 heteroatoms. The first-order valence-corrected chi connectivity index (χ1v) is 9.37. The minimum Gasteiger partial charge on any atom is -0.385 e. The van der Waals surface area contributed by atoms with Crippen LogP contribution in [0.4, 0.5) is 0 Å². The topological polar surface area (TPSA) is 64.4 Å². The van der Waals surface area contributed by atoms with Crippen molar-refractivity contribution < 1.29 is 9.53 Å². The van der Waals surface area contributed by atoms with Gasteiger partial charge in [-0.15, -0.1) is 0 Å². The molecule has 1 aromatic carbocycles. The summed E-state index contributed by atoms with van der Waals surface area (Å²) in [6, 6.07) is 5.07. The number of hydrogen-bond acceptors (Lipinski definition) is 5. The molecule has 6 nitrogen and oxygen atoms in total. The highest BCUT2D eigenvalue weighted by Crippen LogP contribution is 2.29. The van der Waals surface area contributed by atoms with E-state index in [0.717, 1.165) is 13.0 Å². The molecular formula is C17H20ClN3O3S. The molecule has 1 aromatic heterocycles. The van der Waals surface area contributed by atoms with Gasteiger partial charge in [0, 0.05) is 38.9 Å². The Labute approximate surface area is 155 Å². The van der Waals surface area contributed by atoms with Crippen LogP contribution in [0.3, 0.4) is 0 Å². The lowest BCUT2D eigenvalue weighted by Gasteiger charge is -2.15. The summed E-state index contributed by atoms with van der Waals surface area (Å²) in [5.74, 6) is 0.0777. The number of likely N-dealkylation sites (tertiary alicyclic amines) is 1. The minimum atomic E-state index is -0.206. The summed E-state index contributed by atoms with van der Waals surface area (Å²) in [7, 11) is 3.42. The van der Waals surface area contributed by atoms with Gasteiger partial charge >= 0.3 is 0 Å². The van der Waals surface area contributed by atoms with Crippen molar-refractivity contribution in [3.05, 3.63) is 33.6 Å². The van der Waals surface area contributed by atoms with Gasteiger partial charge in [0.1, 0.15) is 0 Å². The number of aromatic nitrogens is 2. The third kappa shape index (κ3) is 3.83. The van der Waals surface area contributed by atoms with Crippen LogP contribution < -0.4 is 5.56 Å². The molecule has 1 fully saturated rings. The SMILES string of the molecule is COCCCn1c(SC2CCN(C)C2=O)nc2cc(Cl)ccc2c1=O. The standard InChI is InChI=1S/C17H20ClN3O3S/c1-20-8-6-14(16(20)23)25-17-19-13-10-11(18)4-5-12(13)15(22)21(17)7-3-9-24-2/h4-5,10,14H,3,6-9H2,1-2H3. The number of methoxy groups -OCH3 is 1. The van der Waals surface area contributed by atoms with Crippen molar-refractivity contribution >= 4 is 40.2 Å². The highest BCUT2D eigenvalue weighted by Gasteiger charge is 2.31. The molecule has 1 amide bonds. The van der Waals surface area contributed by atoms with Crippen molar-refractivity contribution in [2.24, 2.45) is 0 Å². The van der Waals surface area contributed by atoms with E-state index >= 15 is 0 Å². The number of carbonyl (C=O) groups is 1. The van der Waals surface area contributed by atoms with Crippen molar-refractivity contribution in [1.82, 2.24) is 14.5 Å². The first-order chi connectivity index (χ1) is 12.0. The zero-order valence-electron chi connectivity index (χ0n) is 14.2. The van der Waals surface area contributed by atoms with Gasteiger partial charge in [-0.2, -0.15) is 0 Å². The van der Waals surface area contributed by atoms with E-state index in [0.29, 0.717) is 40.7 Å². The molecule has 3 rings (SSSR count). The van der Waals surface area contributed by atoms with E-state index in [1.165, 1.54) is 11.8 Å². The van der Waals surface area contributed by atoms with Crippen molar-refractivity contribution in [3.8, 4) is 0 Å². The Balaban J connectivity index is 2.02. The Morgan fingerprint density at radius 1 is 1.40 bits per heavy atom. The second-order valence-corrected chi connectivity index (χ2v) is 7.62. The van der Waals surface area contributed by atoms with Gasteiger partial charge in [-0.25, -0.2) is 4.98 Å². The third-order valence-electron chi connectivity index (χ3n) is 4.24. The summed E-state index contributed by atoms with van der Waals surface area (Å²) in [5.41, 5.74) is 0.445. The lowest BCUT2D eigenvalue weighted by Crippen LogP contribution is -2.27. The molecule has 1 aliphatic rings. The number of benzene rings is 1. The summed E-state index contributed by atoms with van der Waals surface area (Å²) in [6.45, 7) is 1.78. The fourth-order valence-electron chi connectivity index (χ4n) is 2.85. The third-order valence-corrected chi connectivity index (χ3v) is 5.72. The van der Waals surface area contributed by atoms with Gasteiger partial charge in [-0.3, -0.25) is 14.2 Å². The molecule has 1 saturated heterocycles. The number of ether oxygens (including phenoxy) is 1. The van der Waals surface area contributed by atoms with Crippen LogP contribution in [0.25, 0.3) is 10.9 Å². The Morgan fingerprint density at radius 2 is 2.20 bits per heavy atom. The summed E-state index contributed by atoms with van der Waals surface area (Å²) in [5, 5.41) is 1.41. The normalized spacial score (nSPS) is 17.6. The lowest BCUT2D eigenvalue weighted by molar-refractivity contribution is -0.126. The molecule has 2 aromatic rings. The number of hydrogen-bond donors (Lipinski definition) is 0. The van der Waals surface area contributed by atoms with Crippen LogP contribution in [0, 0.1) is 0 Å². The van der Waals surface area contributed by atoms with Crippen LogP contribution >= 0.6 is 23.4 Å². The second kappa shape index (κ2) is 7.76. The fraction of sp³-hybridized carbons (Fsp3) is 0.471. The Hall–Kier alpha value is -1.57. The van der Waals surface area contributed by atoms with Crippen LogP contribution in [-0.4, -0.2) is 52.9 Å².